The first-order chi connectivity index (χ1) is 9.36. The highest BCUT2D eigenvalue weighted by molar-refractivity contribution is 5.77. The third-order valence-electron chi connectivity index (χ3n) is 4.34. The Hall–Kier alpha value is -1.35. The van der Waals surface area contributed by atoms with Crippen LogP contribution in [0.3, 0.4) is 0 Å². The van der Waals surface area contributed by atoms with Crippen LogP contribution in [-0.2, 0) is 6.42 Å². The molecule has 2 N–H and O–H groups in total. The molecule has 3 rings (SSSR count). The molecular formula is C17H25N3. The summed E-state index contributed by atoms with van der Waals surface area (Å²) in [6, 6.07) is 7.35. The third-order valence-corrected chi connectivity index (χ3v) is 4.34. The lowest BCUT2D eigenvalue weighted by Crippen LogP contribution is -2.37. The van der Waals surface area contributed by atoms with Crippen molar-refractivity contribution in [3.05, 3.63) is 29.6 Å². The van der Waals surface area contributed by atoms with Crippen molar-refractivity contribution in [2.24, 2.45) is 11.1 Å². The van der Waals surface area contributed by atoms with Crippen molar-refractivity contribution in [1.29, 1.82) is 0 Å². The van der Waals surface area contributed by atoms with Gasteiger partial charge in [-0.05, 0) is 42.9 Å². The Labute approximate surface area is 121 Å². The zero-order valence-corrected chi connectivity index (χ0v) is 13.0. The maximum atomic E-state index is 6.37. The van der Waals surface area contributed by atoms with Crippen molar-refractivity contribution >= 4 is 11.0 Å². The normalized spacial score (nSPS) is 17.6. The first-order valence-corrected chi connectivity index (χ1v) is 7.59. The predicted molar refractivity (Wildman–Crippen MR) is 83.9 cm³/mol. The smallest absolute Gasteiger partial charge is 0.111 e. The molecule has 0 bridgehead atoms. The molecule has 1 heterocycles. The molecule has 1 aliphatic carbocycles. The maximum Gasteiger partial charge on any atom is 0.111 e. The molecule has 0 aliphatic heterocycles. The van der Waals surface area contributed by atoms with Crippen molar-refractivity contribution in [3.63, 3.8) is 0 Å². The molecule has 0 amide bonds. The fraction of sp³-hybridized carbons (Fsp3) is 0.588. The van der Waals surface area contributed by atoms with E-state index >= 15 is 0 Å². The Morgan fingerprint density at radius 1 is 1.35 bits per heavy atom. The Kier molecular flexibility index (Phi) is 3.13. The standard InChI is InChI=1S/C17H25N3/c1-11-5-8-14-13(9-11)19-16(20(14)12-6-7-12)10-15(18)17(2,3)4/h5,8-9,12,15H,6-7,10,18H2,1-4H3. The van der Waals surface area contributed by atoms with Gasteiger partial charge >= 0.3 is 0 Å². The first-order valence-electron chi connectivity index (χ1n) is 7.59. The van der Waals surface area contributed by atoms with Crippen molar-refractivity contribution in [1.82, 2.24) is 9.55 Å². The van der Waals surface area contributed by atoms with Crippen LogP contribution in [0.5, 0.6) is 0 Å². The number of hydrogen-bond donors (Lipinski definition) is 1. The van der Waals surface area contributed by atoms with Gasteiger partial charge < -0.3 is 10.3 Å². The third kappa shape index (κ3) is 2.47. The maximum absolute atomic E-state index is 6.37. The number of hydrogen-bond acceptors (Lipinski definition) is 2. The van der Waals surface area contributed by atoms with Crippen molar-refractivity contribution in [3.8, 4) is 0 Å². The van der Waals surface area contributed by atoms with E-state index in [1.165, 1.54) is 23.9 Å². The zero-order chi connectivity index (χ0) is 14.5. The van der Waals surface area contributed by atoms with Crippen LogP contribution >= 0.6 is 0 Å². The topological polar surface area (TPSA) is 43.8 Å². The van der Waals surface area contributed by atoms with Crippen LogP contribution in [0, 0.1) is 12.3 Å². The van der Waals surface area contributed by atoms with Crippen LogP contribution in [0.2, 0.25) is 0 Å². The van der Waals surface area contributed by atoms with E-state index in [-0.39, 0.29) is 11.5 Å². The highest BCUT2D eigenvalue weighted by Gasteiger charge is 2.30. The monoisotopic (exact) mass is 271 g/mol. The van der Waals surface area contributed by atoms with Gasteiger partial charge in [-0.3, -0.25) is 0 Å². The van der Waals surface area contributed by atoms with E-state index in [0.29, 0.717) is 6.04 Å². The minimum Gasteiger partial charge on any atom is -0.327 e. The van der Waals surface area contributed by atoms with E-state index in [0.717, 1.165) is 17.8 Å². The average molecular weight is 271 g/mol. The SMILES string of the molecule is Cc1ccc2c(c1)nc(CC(N)C(C)(C)C)n2C1CC1. The summed E-state index contributed by atoms with van der Waals surface area (Å²) in [5, 5.41) is 0. The predicted octanol–water partition coefficient (Wildman–Crippen LogP) is 3.60. The molecule has 1 atom stereocenters. The molecule has 1 aromatic carbocycles. The summed E-state index contributed by atoms with van der Waals surface area (Å²) in [6.45, 7) is 8.72. The molecule has 1 unspecified atom stereocenters. The van der Waals surface area contributed by atoms with Crippen LogP contribution in [0.15, 0.2) is 18.2 Å². The van der Waals surface area contributed by atoms with Gasteiger partial charge in [0.25, 0.3) is 0 Å². The van der Waals surface area contributed by atoms with Gasteiger partial charge in [0.2, 0.25) is 0 Å². The number of imidazole rings is 1. The lowest BCUT2D eigenvalue weighted by molar-refractivity contribution is 0.313. The molecule has 20 heavy (non-hydrogen) atoms. The van der Waals surface area contributed by atoms with E-state index in [2.05, 4.69) is 50.5 Å². The van der Waals surface area contributed by atoms with Gasteiger partial charge in [0.05, 0.1) is 11.0 Å². The van der Waals surface area contributed by atoms with Crippen LogP contribution < -0.4 is 5.73 Å². The summed E-state index contributed by atoms with van der Waals surface area (Å²) in [6.07, 6.45) is 3.40. The largest absolute Gasteiger partial charge is 0.327 e. The number of nitrogens with two attached hydrogens (primary N) is 1. The summed E-state index contributed by atoms with van der Waals surface area (Å²) in [7, 11) is 0. The molecular weight excluding hydrogens is 246 g/mol. The number of rotatable bonds is 3. The molecule has 108 valence electrons. The van der Waals surface area contributed by atoms with E-state index in [1.54, 1.807) is 0 Å². The molecule has 3 nitrogen and oxygen atoms in total. The van der Waals surface area contributed by atoms with Gasteiger partial charge in [-0.1, -0.05) is 26.8 Å². The molecule has 2 aromatic rings. The first kappa shape index (κ1) is 13.6. The van der Waals surface area contributed by atoms with E-state index in [9.17, 15) is 0 Å². The minimum atomic E-state index is 0.114. The fourth-order valence-corrected chi connectivity index (χ4v) is 2.65. The molecule has 0 saturated heterocycles. The molecule has 1 fully saturated rings. The van der Waals surface area contributed by atoms with E-state index in [4.69, 9.17) is 10.7 Å². The lowest BCUT2D eigenvalue weighted by Gasteiger charge is -2.27. The average Bonchev–Trinajstić information content (AvgIpc) is 3.10. The van der Waals surface area contributed by atoms with Gasteiger partial charge in [-0.2, -0.15) is 0 Å². The summed E-state index contributed by atoms with van der Waals surface area (Å²) in [5.41, 5.74) is 10.1. The second-order valence-electron chi connectivity index (χ2n) is 7.30. The quantitative estimate of drug-likeness (QED) is 0.927. The Morgan fingerprint density at radius 2 is 2.05 bits per heavy atom. The summed E-state index contributed by atoms with van der Waals surface area (Å²) in [5.74, 6) is 1.16. The van der Waals surface area contributed by atoms with Crippen LogP contribution in [0.1, 0.15) is 51.0 Å². The highest BCUT2D eigenvalue weighted by atomic mass is 15.1. The molecule has 0 spiro atoms. The number of aromatic nitrogens is 2. The van der Waals surface area contributed by atoms with Crippen molar-refractivity contribution in [2.45, 2.75) is 59.0 Å². The van der Waals surface area contributed by atoms with Gasteiger partial charge in [-0.15, -0.1) is 0 Å². The molecule has 1 aliphatic rings. The summed E-state index contributed by atoms with van der Waals surface area (Å²) < 4.78 is 2.43. The number of aryl methyl sites for hydroxylation is 1. The van der Waals surface area contributed by atoms with Crippen molar-refractivity contribution < 1.29 is 0 Å². The summed E-state index contributed by atoms with van der Waals surface area (Å²) in [4.78, 5) is 4.87. The van der Waals surface area contributed by atoms with Gasteiger partial charge in [-0.25, -0.2) is 4.98 Å². The van der Waals surface area contributed by atoms with E-state index in [1.807, 2.05) is 0 Å². The van der Waals surface area contributed by atoms with E-state index < -0.39 is 0 Å². The lowest BCUT2D eigenvalue weighted by atomic mass is 9.85. The molecule has 3 heteroatoms. The van der Waals surface area contributed by atoms with Crippen LogP contribution in [-0.4, -0.2) is 15.6 Å². The van der Waals surface area contributed by atoms with Crippen LogP contribution in [0.4, 0.5) is 0 Å². The minimum absolute atomic E-state index is 0.114. The Balaban J connectivity index is 2.03. The molecule has 0 radical (unpaired) electrons. The zero-order valence-electron chi connectivity index (χ0n) is 13.0. The fourth-order valence-electron chi connectivity index (χ4n) is 2.65. The Morgan fingerprint density at radius 3 is 2.65 bits per heavy atom. The molecule has 1 saturated carbocycles. The second kappa shape index (κ2) is 4.59. The van der Waals surface area contributed by atoms with Crippen molar-refractivity contribution in [2.75, 3.05) is 0 Å². The number of fused-ring (bicyclic) bond motifs is 1. The van der Waals surface area contributed by atoms with Gasteiger partial charge in [0.1, 0.15) is 5.82 Å². The number of nitrogens with zero attached hydrogens (tertiary/aromatic N) is 2. The second-order valence-corrected chi connectivity index (χ2v) is 7.30. The molecule has 1 aromatic heterocycles. The van der Waals surface area contributed by atoms with Crippen LogP contribution in [0.25, 0.3) is 11.0 Å². The van der Waals surface area contributed by atoms with Gasteiger partial charge in [0, 0.05) is 18.5 Å². The Bertz CT molecular complexity index is 629. The van der Waals surface area contributed by atoms with Gasteiger partial charge in [0.15, 0.2) is 0 Å². The summed E-state index contributed by atoms with van der Waals surface area (Å²) >= 11 is 0. The number of benzene rings is 1. The highest BCUT2D eigenvalue weighted by Crippen LogP contribution is 2.39.